The van der Waals surface area contributed by atoms with Crippen LogP contribution in [0.15, 0.2) is 36.7 Å². The van der Waals surface area contributed by atoms with Crippen molar-refractivity contribution in [2.45, 2.75) is 52.7 Å². The van der Waals surface area contributed by atoms with Gasteiger partial charge in [-0.15, -0.1) is 12.4 Å². The van der Waals surface area contributed by atoms with Gasteiger partial charge >= 0.3 is 0 Å². The molecular weight excluding hydrogens is 388 g/mol. The number of halogens is 1. The Morgan fingerprint density at radius 2 is 1.86 bits per heavy atom. The molecule has 2 heterocycles. The van der Waals surface area contributed by atoms with Crippen LogP contribution in [0.3, 0.4) is 0 Å². The lowest BCUT2D eigenvalue weighted by atomic mass is 10.2. The SMILES string of the molecule is CCC(CO)Nc1nc(N(CC)Cc2ccccc2)c2ncn(C(C)C)c2n1.Cl. The first-order valence-electron chi connectivity index (χ1n) is 9.98. The lowest BCUT2D eigenvalue weighted by Gasteiger charge is -2.24. The molecule has 1 unspecified atom stereocenters. The molecular formula is C21H31ClN6O. The van der Waals surface area contributed by atoms with Crippen molar-refractivity contribution in [1.29, 1.82) is 0 Å². The predicted molar refractivity (Wildman–Crippen MR) is 121 cm³/mol. The Labute approximate surface area is 178 Å². The van der Waals surface area contributed by atoms with Crippen LogP contribution >= 0.6 is 12.4 Å². The van der Waals surface area contributed by atoms with E-state index in [0.29, 0.717) is 5.95 Å². The summed E-state index contributed by atoms with van der Waals surface area (Å²) in [7, 11) is 0. The smallest absolute Gasteiger partial charge is 0.227 e. The summed E-state index contributed by atoms with van der Waals surface area (Å²) in [5.74, 6) is 1.34. The monoisotopic (exact) mass is 418 g/mol. The molecule has 2 N–H and O–H groups in total. The van der Waals surface area contributed by atoms with Crippen LogP contribution in [0.1, 0.15) is 45.7 Å². The molecule has 0 aliphatic rings. The Hall–Kier alpha value is -2.38. The maximum absolute atomic E-state index is 9.58. The minimum absolute atomic E-state index is 0. The summed E-state index contributed by atoms with van der Waals surface area (Å²) in [4.78, 5) is 16.4. The second-order valence-electron chi connectivity index (χ2n) is 7.22. The number of hydrogen-bond acceptors (Lipinski definition) is 6. The number of hydrogen-bond donors (Lipinski definition) is 2. The Balaban J connectivity index is 0.00000300. The predicted octanol–water partition coefficient (Wildman–Crippen LogP) is 4.04. The lowest BCUT2D eigenvalue weighted by molar-refractivity contribution is 0.271. The molecule has 3 rings (SSSR count). The van der Waals surface area contributed by atoms with Gasteiger partial charge in [0.05, 0.1) is 19.0 Å². The Bertz CT molecular complexity index is 895. The van der Waals surface area contributed by atoms with Gasteiger partial charge in [0.15, 0.2) is 17.0 Å². The summed E-state index contributed by atoms with van der Waals surface area (Å²) in [6, 6.07) is 10.5. The second-order valence-corrected chi connectivity index (χ2v) is 7.22. The van der Waals surface area contributed by atoms with Crippen LogP contribution in [0.2, 0.25) is 0 Å². The van der Waals surface area contributed by atoms with Crippen LogP contribution in [0.5, 0.6) is 0 Å². The minimum atomic E-state index is -0.0788. The van der Waals surface area contributed by atoms with Crippen LogP contribution in [0.25, 0.3) is 11.2 Å². The van der Waals surface area contributed by atoms with E-state index in [2.05, 4.69) is 52.7 Å². The second kappa shape index (κ2) is 10.4. The first-order chi connectivity index (χ1) is 13.6. The fourth-order valence-electron chi connectivity index (χ4n) is 3.16. The molecule has 29 heavy (non-hydrogen) atoms. The van der Waals surface area contributed by atoms with Crippen molar-refractivity contribution in [3.8, 4) is 0 Å². The number of benzene rings is 1. The summed E-state index contributed by atoms with van der Waals surface area (Å²) in [5.41, 5.74) is 2.83. The number of fused-ring (bicyclic) bond motifs is 1. The van der Waals surface area contributed by atoms with Crippen LogP contribution in [-0.4, -0.2) is 43.8 Å². The van der Waals surface area contributed by atoms with E-state index >= 15 is 0 Å². The third-order valence-corrected chi connectivity index (χ3v) is 4.90. The van der Waals surface area contributed by atoms with Crippen molar-refractivity contribution in [2.24, 2.45) is 0 Å². The highest BCUT2D eigenvalue weighted by molar-refractivity contribution is 5.85. The highest BCUT2D eigenvalue weighted by Crippen LogP contribution is 2.27. The largest absolute Gasteiger partial charge is 0.394 e. The average Bonchev–Trinajstić information content (AvgIpc) is 3.14. The molecule has 0 aliphatic heterocycles. The molecule has 0 saturated carbocycles. The van der Waals surface area contributed by atoms with Gasteiger partial charge in [0.2, 0.25) is 5.95 Å². The van der Waals surface area contributed by atoms with Crippen LogP contribution in [-0.2, 0) is 6.54 Å². The Morgan fingerprint density at radius 3 is 2.45 bits per heavy atom. The fraction of sp³-hybridized carbons (Fsp3) is 0.476. The highest BCUT2D eigenvalue weighted by Gasteiger charge is 2.20. The number of imidazole rings is 1. The third kappa shape index (κ3) is 5.16. The van der Waals surface area contributed by atoms with Gasteiger partial charge in [-0.25, -0.2) is 4.98 Å². The van der Waals surface area contributed by atoms with E-state index in [9.17, 15) is 5.11 Å². The van der Waals surface area contributed by atoms with Gasteiger partial charge in [-0.05, 0) is 32.8 Å². The molecule has 0 aliphatic carbocycles. The molecule has 2 aromatic heterocycles. The molecule has 0 fully saturated rings. The number of aliphatic hydroxyl groups excluding tert-OH is 1. The Morgan fingerprint density at radius 1 is 1.14 bits per heavy atom. The van der Waals surface area contributed by atoms with Crippen molar-refractivity contribution in [3.63, 3.8) is 0 Å². The lowest BCUT2D eigenvalue weighted by Crippen LogP contribution is -2.27. The number of rotatable bonds is 9. The number of nitrogens with one attached hydrogen (secondary N) is 1. The van der Waals surface area contributed by atoms with Crippen molar-refractivity contribution in [3.05, 3.63) is 42.2 Å². The van der Waals surface area contributed by atoms with Gasteiger partial charge in [0.25, 0.3) is 0 Å². The third-order valence-electron chi connectivity index (χ3n) is 4.90. The van der Waals surface area contributed by atoms with E-state index in [1.165, 1.54) is 5.56 Å². The van der Waals surface area contributed by atoms with E-state index in [4.69, 9.17) is 9.97 Å². The van der Waals surface area contributed by atoms with Crippen LogP contribution in [0.4, 0.5) is 11.8 Å². The van der Waals surface area contributed by atoms with Crippen molar-refractivity contribution < 1.29 is 5.11 Å². The minimum Gasteiger partial charge on any atom is -0.394 e. The van der Waals surface area contributed by atoms with Gasteiger partial charge in [0, 0.05) is 19.1 Å². The molecule has 0 saturated heterocycles. The van der Waals surface area contributed by atoms with Gasteiger partial charge in [-0.1, -0.05) is 37.3 Å². The zero-order chi connectivity index (χ0) is 20.1. The molecule has 8 heteroatoms. The maximum atomic E-state index is 9.58. The van der Waals surface area contributed by atoms with E-state index < -0.39 is 0 Å². The maximum Gasteiger partial charge on any atom is 0.227 e. The van der Waals surface area contributed by atoms with Crippen molar-refractivity contribution >= 4 is 35.3 Å². The normalized spacial score (nSPS) is 12.1. The van der Waals surface area contributed by atoms with Gasteiger partial charge in [-0.2, -0.15) is 9.97 Å². The quantitative estimate of drug-likeness (QED) is 0.546. The summed E-state index contributed by atoms with van der Waals surface area (Å²) >= 11 is 0. The van der Waals surface area contributed by atoms with Gasteiger partial charge in [0.1, 0.15) is 0 Å². The molecule has 3 aromatic rings. The molecule has 0 bridgehead atoms. The first-order valence-corrected chi connectivity index (χ1v) is 9.98. The van der Waals surface area contributed by atoms with Crippen LogP contribution in [0, 0.1) is 0 Å². The molecule has 1 atom stereocenters. The molecule has 158 valence electrons. The molecule has 1 aromatic carbocycles. The first kappa shape index (κ1) is 22.9. The summed E-state index contributed by atoms with van der Waals surface area (Å²) in [6.45, 7) is 9.95. The summed E-state index contributed by atoms with van der Waals surface area (Å²) in [5, 5.41) is 12.8. The van der Waals surface area contributed by atoms with Gasteiger partial charge in [-0.3, -0.25) is 0 Å². The van der Waals surface area contributed by atoms with Crippen LogP contribution < -0.4 is 10.2 Å². The topological polar surface area (TPSA) is 79.1 Å². The number of anilines is 2. The molecule has 0 amide bonds. The standard InChI is InChI=1S/C21H30N6O.ClH/c1-5-17(13-28)23-21-24-19(18-20(25-21)27(14-22-18)15(3)4)26(6-2)12-16-10-8-7-9-11-16;/h7-11,14-15,17,28H,5-6,12-13H2,1-4H3,(H,23,24,25);1H. The molecule has 0 radical (unpaired) electrons. The highest BCUT2D eigenvalue weighted by atomic mass is 35.5. The van der Waals surface area contributed by atoms with Gasteiger partial charge < -0.3 is 19.9 Å². The number of nitrogens with zero attached hydrogens (tertiary/aromatic N) is 5. The number of aliphatic hydroxyl groups is 1. The molecule has 0 spiro atoms. The van der Waals surface area contributed by atoms with E-state index in [1.54, 1.807) is 0 Å². The fourth-order valence-corrected chi connectivity index (χ4v) is 3.16. The van der Waals surface area contributed by atoms with E-state index in [0.717, 1.165) is 36.5 Å². The Kier molecular flexibility index (Phi) is 8.22. The van der Waals surface area contributed by atoms with Crippen molar-refractivity contribution in [2.75, 3.05) is 23.4 Å². The zero-order valence-corrected chi connectivity index (χ0v) is 18.4. The average molecular weight is 419 g/mol. The molecule has 7 nitrogen and oxygen atoms in total. The zero-order valence-electron chi connectivity index (χ0n) is 17.5. The summed E-state index contributed by atoms with van der Waals surface area (Å²) < 4.78 is 2.06. The van der Waals surface area contributed by atoms with Crippen molar-refractivity contribution in [1.82, 2.24) is 19.5 Å². The van der Waals surface area contributed by atoms with E-state index in [1.807, 2.05) is 31.5 Å². The summed E-state index contributed by atoms with van der Waals surface area (Å²) in [6.07, 6.45) is 2.62. The van der Waals surface area contributed by atoms with E-state index in [-0.39, 0.29) is 31.1 Å². The number of aromatic nitrogens is 4.